The van der Waals surface area contributed by atoms with Crippen LogP contribution in [0.25, 0.3) is 0 Å². The molecule has 1 N–H and O–H groups in total. The van der Waals surface area contributed by atoms with Crippen molar-refractivity contribution in [3.8, 4) is 0 Å². The molecule has 0 aliphatic rings. The molecule has 0 fully saturated rings. The third-order valence-corrected chi connectivity index (χ3v) is 4.47. The second-order valence-corrected chi connectivity index (χ2v) is 6.58. The number of nitro benzene ring substituents is 1. The van der Waals surface area contributed by atoms with E-state index in [-0.39, 0.29) is 10.6 Å². The molecule has 120 valence electrons. The number of hydrogen-bond donors (Lipinski definition) is 1. The van der Waals surface area contributed by atoms with E-state index in [0.717, 1.165) is 17.2 Å². The predicted molar refractivity (Wildman–Crippen MR) is 86.9 cm³/mol. The Kier molecular flexibility index (Phi) is 4.75. The van der Waals surface area contributed by atoms with Crippen molar-refractivity contribution in [3.63, 3.8) is 0 Å². The molecule has 0 saturated heterocycles. The zero-order valence-electron chi connectivity index (χ0n) is 12.6. The highest BCUT2D eigenvalue weighted by Gasteiger charge is 2.19. The lowest BCUT2D eigenvalue weighted by molar-refractivity contribution is -0.385. The molecule has 0 aliphatic heterocycles. The maximum atomic E-state index is 12.1. The lowest BCUT2D eigenvalue weighted by atomic mass is 10.1. The van der Waals surface area contributed by atoms with Crippen molar-refractivity contribution in [1.82, 2.24) is 4.83 Å². The Hall–Kier alpha value is -2.74. The predicted octanol–water partition coefficient (Wildman–Crippen LogP) is 2.52. The van der Waals surface area contributed by atoms with Gasteiger partial charge in [0.25, 0.3) is 15.7 Å². The van der Waals surface area contributed by atoms with E-state index in [1.54, 1.807) is 6.07 Å². The van der Waals surface area contributed by atoms with Crippen molar-refractivity contribution in [2.24, 2.45) is 5.10 Å². The summed E-state index contributed by atoms with van der Waals surface area (Å²) >= 11 is 0. The number of aryl methyl sites for hydroxylation is 2. The Bertz CT molecular complexity index is 876. The van der Waals surface area contributed by atoms with Crippen molar-refractivity contribution in [2.45, 2.75) is 18.7 Å². The molecule has 0 unspecified atom stereocenters. The van der Waals surface area contributed by atoms with E-state index in [2.05, 4.69) is 9.93 Å². The summed E-state index contributed by atoms with van der Waals surface area (Å²) in [6.45, 7) is 3.41. The Balaban J connectivity index is 2.24. The van der Waals surface area contributed by atoms with Gasteiger partial charge in [-0.25, -0.2) is 4.83 Å². The van der Waals surface area contributed by atoms with Gasteiger partial charge in [0.05, 0.1) is 16.0 Å². The third-order valence-electron chi connectivity index (χ3n) is 3.25. The number of benzene rings is 2. The summed E-state index contributed by atoms with van der Waals surface area (Å²) in [5, 5.41) is 14.6. The van der Waals surface area contributed by atoms with Crippen LogP contribution in [0.3, 0.4) is 0 Å². The molecule has 0 spiro atoms. The minimum absolute atomic E-state index is 0.211. The average molecular weight is 333 g/mol. The molecule has 7 nitrogen and oxygen atoms in total. The summed E-state index contributed by atoms with van der Waals surface area (Å²) in [6, 6.07) is 11.0. The quantitative estimate of drug-likeness (QED) is 0.516. The number of nitrogens with zero attached hydrogens (tertiary/aromatic N) is 2. The number of rotatable bonds is 5. The molecule has 8 heteroatoms. The van der Waals surface area contributed by atoms with Crippen LogP contribution in [0, 0.1) is 24.0 Å². The molecule has 2 aromatic carbocycles. The van der Waals surface area contributed by atoms with Gasteiger partial charge in [0.15, 0.2) is 0 Å². The summed E-state index contributed by atoms with van der Waals surface area (Å²) in [6.07, 6.45) is 1.38. The van der Waals surface area contributed by atoms with Gasteiger partial charge in [0.1, 0.15) is 0 Å². The Morgan fingerprint density at radius 3 is 2.48 bits per heavy atom. The molecular formula is C15H15N3O4S. The zero-order valence-corrected chi connectivity index (χ0v) is 13.4. The minimum atomic E-state index is -3.97. The molecular weight excluding hydrogens is 318 g/mol. The normalized spacial score (nSPS) is 11.6. The zero-order chi connectivity index (χ0) is 17.0. The molecule has 0 amide bonds. The van der Waals surface area contributed by atoms with Crippen molar-refractivity contribution in [3.05, 3.63) is 69.3 Å². The topological polar surface area (TPSA) is 102 Å². The second-order valence-electron chi connectivity index (χ2n) is 4.91. The van der Waals surface area contributed by atoms with Gasteiger partial charge in [-0.2, -0.15) is 13.5 Å². The van der Waals surface area contributed by atoms with Crippen LogP contribution >= 0.6 is 0 Å². The largest absolute Gasteiger partial charge is 0.276 e. The fourth-order valence-electron chi connectivity index (χ4n) is 1.90. The van der Waals surface area contributed by atoms with E-state index in [1.807, 2.05) is 25.1 Å². The van der Waals surface area contributed by atoms with E-state index in [9.17, 15) is 18.5 Å². The second kappa shape index (κ2) is 6.57. The summed E-state index contributed by atoms with van der Waals surface area (Å²) < 4.78 is 24.3. The maximum absolute atomic E-state index is 12.1. The Morgan fingerprint density at radius 1 is 1.13 bits per heavy atom. The van der Waals surface area contributed by atoms with Crippen LogP contribution in [0.5, 0.6) is 0 Å². The molecule has 0 heterocycles. The molecule has 0 aromatic heterocycles. The SMILES string of the molecule is Cc1ccccc1/C=N\NS(=O)(=O)c1ccc(C)c([N+](=O)[O-])c1. The average Bonchev–Trinajstić information content (AvgIpc) is 2.49. The number of sulfonamides is 1. The molecule has 0 radical (unpaired) electrons. The molecule has 2 rings (SSSR count). The van der Waals surface area contributed by atoms with Crippen LogP contribution in [0.1, 0.15) is 16.7 Å². The van der Waals surface area contributed by atoms with E-state index in [1.165, 1.54) is 25.3 Å². The molecule has 0 aliphatic carbocycles. The fraction of sp³-hybridized carbons (Fsp3) is 0.133. The summed E-state index contributed by atoms with van der Waals surface area (Å²) in [5.41, 5.74) is 1.85. The van der Waals surface area contributed by atoms with E-state index < -0.39 is 14.9 Å². The summed E-state index contributed by atoms with van der Waals surface area (Å²) in [5.74, 6) is 0. The monoisotopic (exact) mass is 333 g/mol. The number of hydrazone groups is 1. The standard InChI is InChI=1S/C15H15N3O4S/c1-11-5-3-4-6-13(11)10-16-17-23(21,22)14-8-7-12(2)15(9-14)18(19)20/h3-10,17H,1-2H3/b16-10-. The van der Waals surface area contributed by atoms with Crippen LogP contribution in [0.4, 0.5) is 5.69 Å². The smallest absolute Gasteiger partial charge is 0.258 e. The lowest BCUT2D eigenvalue weighted by Gasteiger charge is -2.05. The van der Waals surface area contributed by atoms with E-state index >= 15 is 0 Å². The highest BCUT2D eigenvalue weighted by Crippen LogP contribution is 2.22. The van der Waals surface area contributed by atoms with Gasteiger partial charge in [-0.15, -0.1) is 0 Å². The summed E-state index contributed by atoms with van der Waals surface area (Å²) in [4.78, 5) is 12.1. The van der Waals surface area contributed by atoms with Crippen LogP contribution < -0.4 is 4.83 Å². The Morgan fingerprint density at radius 2 is 1.83 bits per heavy atom. The van der Waals surface area contributed by atoms with Crippen LogP contribution in [0.15, 0.2) is 52.5 Å². The van der Waals surface area contributed by atoms with E-state index in [4.69, 9.17) is 0 Å². The van der Waals surface area contributed by atoms with Gasteiger partial charge in [-0.1, -0.05) is 30.3 Å². The van der Waals surface area contributed by atoms with Crippen molar-refractivity contribution < 1.29 is 13.3 Å². The van der Waals surface area contributed by atoms with Gasteiger partial charge < -0.3 is 0 Å². The van der Waals surface area contributed by atoms with Crippen molar-refractivity contribution in [1.29, 1.82) is 0 Å². The maximum Gasteiger partial charge on any atom is 0.276 e. The first-order chi connectivity index (χ1) is 10.8. The van der Waals surface area contributed by atoms with Gasteiger partial charge in [0, 0.05) is 11.6 Å². The first-order valence-corrected chi connectivity index (χ1v) is 8.15. The van der Waals surface area contributed by atoms with Crippen molar-refractivity contribution in [2.75, 3.05) is 0 Å². The third kappa shape index (κ3) is 3.92. The first-order valence-electron chi connectivity index (χ1n) is 6.67. The fourth-order valence-corrected chi connectivity index (χ4v) is 2.71. The minimum Gasteiger partial charge on any atom is -0.258 e. The highest BCUT2D eigenvalue weighted by atomic mass is 32.2. The van der Waals surface area contributed by atoms with Gasteiger partial charge in [-0.05, 0) is 31.0 Å². The molecule has 0 bridgehead atoms. The Labute approximate surface area is 133 Å². The van der Waals surface area contributed by atoms with E-state index in [0.29, 0.717) is 5.56 Å². The molecule has 0 saturated carbocycles. The highest BCUT2D eigenvalue weighted by molar-refractivity contribution is 7.89. The number of nitrogens with one attached hydrogen (secondary N) is 1. The summed E-state index contributed by atoms with van der Waals surface area (Å²) in [7, 11) is -3.97. The lowest BCUT2D eigenvalue weighted by Crippen LogP contribution is -2.18. The molecule has 0 atom stereocenters. The van der Waals surface area contributed by atoms with Crippen molar-refractivity contribution >= 4 is 21.9 Å². The van der Waals surface area contributed by atoms with Gasteiger partial charge >= 0.3 is 0 Å². The first kappa shape index (κ1) is 16.6. The molecule has 2 aromatic rings. The van der Waals surface area contributed by atoms with Crippen LogP contribution in [-0.2, 0) is 10.0 Å². The van der Waals surface area contributed by atoms with Gasteiger partial charge in [-0.3, -0.25) is 10.1 Å². The number of nitro groups is 1. The molecule has 23 heavy (non-hydrogen) atoms. The number of hydrogen-bond acceptors (Lipinski definition) is 5. The van der Waals surface area contributed by atoms with Gasteiger partial charge in [0.2, 0.25) is 0 Å². The van der Waals surface area contributed by atoms with Crippen LogP contribution in [-0.4, -0.2) is 19.6 Å². The van der Waals surface area contributed by atoms with Crippen LogP contribution in [0.2, 0.25) is 0 Å².